The van der Waals surface area contributed by atoms with Crippen LogP contribution in [0.2, 0.25) is 0 Å². The van der Waals surface area contributed by atoms with Gasteiger partial charge in [0.15, 0.2) is 0 Å². The third-order valence-corrected chi connectivity index (χ3v) is 6.65. The van der Waals surface area contributed by atoms with E-state index in [9.17, 15) is 13.2 Å². The first-order valence-electron chi connectivity index (χ1n) is 9.36. The first kappa shape index (κ1) is 20.2. The highest BCUT2D eigenvalue weighted by atomic mass is 32.2. The Kier molecular flexibility index (Phi) is 6.89. The number of hydrazone groups is 1. The molecule has 1 N–H and O–H groups in total. The maximum absolute atomic E-state index is 13.2. The lowest BCUT2D eigenvalue weighted by Gasteiger charge is -2.32. The standard InChI is InChI=1S/C20H24N4O3S/c25-20(23-22-15-17-11-13-21-14-12-17)16-24(18-7-3-1-4-8-18)28(26,27)19-9-5-2-6-10-19/h2,5-6,9-15,18H,1,3-4,7-8,16H2,(H,23,25)/b22-15+. The molecule has 0 aliphatic heterocycles. The van der Waals surface area contributed by atoms with Crippen LogP contribution < -0.4 is 5.43 Å². The molecule has 0 spiro atoms. The fourth-order valence-electron chi connectivity index (χ4n) is 3.31. The molecule has 1 aliphatic carbocycles. The lowest BCUT2D eigenvalue weighted by molar-refractivity contribution is -0.121. The molecule has 1 aliphatic rings. The SMILES string of the molecule is O=C(CN(C1CCCCC1)S(=O)(=O)c1ccccc1)N/N=C/c1ccncc1. The van der Waals surface area contributed by atoms with Crippen LogP contribution in [-0.4, -0.2) is 42.4 Å². The Morgan fingerprint density at radius 2 is 1.79 bits per heavy atom. The van der Waals surface area contributed by atoms with E-state index in [1.54, 1.807) is 54.9 Å². The molecule has 8 heteroatoms. The second kappa shape index (κ2) is 9.57. The number of carbonyl (C=O) groups excluding carboxylic acids is 1. The van der Waals surface area contributed by atoms with Crippen molar-refractivity contribution in [3.05, 3.63) is 60.4 Å². The number of benzene rings is 1. The van der Waals surface area contributed by atoms with Gasteiger partial charge in [-0.1, -0.05) is 37.5 Å². The summed E-state index contributed by atoms with van der Waals surface area (Å²) in [4.78, 5) is 16.5. The number of amides is 1. The quantitative estimate of drug-likeness (QED) is 0.571. The minimum atomic E-state index is -3.76. The third kappa shape index (κ3) is 5.24. The van der Waals surface area contributed by atoms with Gasteiger partial charge in [0, 0.05) is 18.4 Å². The van der Waals surface area contributed by atoms with Gasteiger partial charge in [0.2, 0.25) is 10.0 Å². The fraction of sp³-hybridized carbons (Fsp3) is 0.350. The van der Waals surface area contributed by atoms with Gasteiger partial charge < -0.3 is 0 Å². The predicted molar refractivity (Wildman–Crippen MR) is 107 cm³/mol. The number of nitrogens with one attached hydrogen (secondary N) is 1. The molecule has 1 aromatic carbocycles. The van der Waals surface area contributed by atoms with Crippen molar-refractivity contribution in [1.82, 2.24) is 14.7 Å². The van der Waals surface area contributed by atoms with Crippen LogP contribution >= 0.6 is 0 Å². The zero-order valence-corrected chi connectivity index (χ0v) is 16.4. The molecule has 0 bridgehead atoms. The average molecular weight is 401 g/mol. The molecule has 1 heterocycles. The summed E-state index contributed by atoms with van der Waals surface area (Å²) >= 11 is 0. The number of sulfonamides is 1. The molecule has 0 saturated heterocycles. The molecular weight excluding hydrogens is 376 g/mol. The van der Waals surface area contributed by atoms with Crippen molar-refractivity contribution in [2.24, 2.45) is 5.10 Å². The molecule has 1 fully saturated rings. The van der Waals surface area contributed by atoms with Gasteiger partial charge in [-0.25, -0.2) is 13.8 Å². The molecule has 3 rings (SSSR count). The maximum atomic E-state index is 13.2. The van der Waals surface area contributed by atoms with Crippen LogP contribution in [-0.2, 0) is 14.8 Å². The minimum absolute atomic E-state index is 0.172. The lowest BCUT2D eigenvalue weighted by Crippen LogP contribution is -2.46. The summed E-state index contributed by atoms with van der Waals surface area (Å²) in [6.07, 6.45) is 9.30. The maximum Gasteiger partial charge on any atom is 0.255 e. The van der Waals surface area contributed by atoms with Gasteiger partial charge in [-0.15, -0.1) is 0 Å². The first-order chi connectivity index (χ1) is 13.6. The molecule has 0 unspecified atom stereocenters. The summed E-state index contributed by atoms with van der Waals surface area (Å²) in [6.45, 7) is -0.254. The highest BCUT2D eigenvalue weighted by Crippen LogP contribution is 2.27. The summed E-state index contributed by atoms with van der Waals surface area (Å²) in [5.41, 5.74) is 3.22. The molecule has 1 amide bonds. The van der Waals surface area contributed by atoms with Crippen molar-refractivity contribution >= 4 is 22.1 Å². The summed E-state index contributed by atoms with van der Waals surface area (Å²) in [5, 5.41) is 3.92. The fourth-order valence-corrected chi connectivity index (χ4v) is 4.97. The van der Waals surface area contributed by atoms with E-state index in [0.717, 1.165) is 37.7 Å². The van der Waals surface area contributed by atoms with Crippen LogP contribution in [0, 0.1) is 0 Å². The Balaban J connectivity index is 1.73. The van der Waals surface area contributed by atoms with Crippen molar-refractivity contribution in [2.45, 2.75) is 43.0 Å². The van der Waals surface area contributed by atoms with E-state index < -0.39 is 15.9 Å². The Bertz CT molecular complexity index is 896. The highest BCUT2D eigenvalue weighted by Gasteiger charge is 2.33. The van der Waals surface area contributed by atoms with Crippen LogP contribution in [0.5, 0.6) is 0 Å². The van der Waals surface area contributed by atoms with E-state index in [-0.39, 0.29) is 17.5 Å². The molecule has 1 aromatic heterocycles. The number of nitrogens with zero attached hydrogens (tertiary/aromatic N) is 3. The van der Waals surface area contributed by atoms with Crippen LogP contribution in [0.3, 0.4) is 0 Å². The minimum Gasteiger partial charge on any atom is -0.272 e. The van der Waals surface area contributed by atoms with Gasteiger partial charge in [0.25, 0.3) is 5.91 Å². The van der Waals surface area contributed by atoms with Gasteiger partial charge in [-0.05, 0) is 42.7 Å². The molecule has 7 nitrogen and oxygen atoms in total. The summed E-state index contributed by atoms with van der Waals surface area (Å²) < 4.78 is 27.7. The van der Waals surface area contributed by atoms with Crippen molar-refractivity contribution in [3.8, 4) is 0 Å². The Morgan fingerprint density at radius 1 is 1.11 bits per heavy atom. The molecule has 0 atom stereocenters. The van der Waals surface area contributed by atoms with Gasteiger partial charge in [-0.3, -0.25) is 9.78 Å². The number of carbonyl (C=O) groups is 1. The van der Waals surface area contributed by atoms with Gasteiger partial charge >= 0.3 is 0 Å². The second-order valence-electron chi connectivity index (χ2n) is 6.73. The van der Waals surface area contributed by atoms with Crippen molar-refractivity contribution in [1.29, 1.82) is 0 Å². The summed E-state index contributed by atoms with van der Waals surface area (Å²) in [5.74, 6) is -0.463. The van der Waals surface area contributed by atoms with E-state index in [4.69, 9.17) is 0 Å². The zero-order chi connectivity index (χ0) is 19.8. The molecule has 1 saturated carbocycles. The monoisotopic (exact) mass is 400 g/mol. The molecule has 28 heavy (non-hydrogen) atoms. The van der Waals surface area contributed by atoms with Gasteiger partial charge in [0.05, 0.1) is 17.7 Å². The van der Waals surface area contributed by atoms with Crippen LogP contribution in [0.4, 0.5) is 0 Å². The number of hydrogen-bond donors (Lipinski definition) is 1. The predicted octanol–water partition coefficient (Wildman–Crippen LogP) is 2.56. The normalized spacial score (nSPS) is 15.8. The van der Waals surface area contributed by atoms with E-state index in [0.29, 0.717) is 0 Å². The average Bonchev–Trinajstić information content (AvgIpc) is 2.74. The van der Waals surface area contributed by atoms with E-state index in [1.165, 1.54) is 10.5 Å². The Hall–Kier alpha value is -2.58. The van der Waals surface area contributed by atoms with Crippen molar-refractivity contribution < 1.29 is 13.2 Å². The van der Waals surface area contributed by atoms with Crippen LogP contribution in [0.15, 0.2) is 64.9 Å². The summed E-state index contributed by atoms with van der Waals surface area (Å²) in [6, 6.07) is 11.6. The topological polar surface area (TPSA) is 91.7 Å². The van der Waals surface area contributed by atoms with Gasteiger partial charge in [-0.2, -0.15) is 9.41 Å². The van der Waals surface area contributed by atoms with E-state index >= 15 is 0 Å². The molecule has 148 valence electrons. The zero-order valence-electron chi connectivity index (χ0n) is 15.6. The number of pyridine rings is 1. The number of hydrogen-bond acceptors (Lipinski definition) is 5. The number of rotatable bonds is 7. The molecule has 0 radical (unpaired) electrons. The summed E-state index contributed by atoms with van der Waals surface area (Å²) in [7, 11) is -3.76. The van der Waals surface area contributed by atoms with Crippen molar-refractivity contribution in [3.63, 3.8) is 0 Å². The smallest absolute Gasteiger partial charge is 0.255 e. The van der Waals surface area contributed by atoms with E-state index in [1.807, 2.05) is 0 Å². The largest absolute Gasteiger partial charge is 0.272 e. The van der Waals surface area contributed by atoms with Crippen LogP contribution in [0.1, 0.15) is 37.7 Å². The lowest BCUT2D eigenvalue weighted by atomic mass is 9.95. The van der Waals surface area contributed by atoms with Crippen LogP contribution in [0.25, 0.3) is 0 Å². The second-order valence-corrected chi connectivity index (χ2v) is 8.62. The third-order valence-electron chi connectivity index (χ3n) is 4.74. The molecular formula is C20H24N4O3S. The first-order valence-corrected chi connectivity index (χ1v) is 10.8. The Labute approximate surface area is 165 Å². The molecule has 2 aromatic rings. The highest BCUT2D eigenvalue weighted by molar-refractivity contribution is 7.89. The van der Waals surface area contributed by atoms with E-state index in [2.05, 4.69) is 15.5 Å². The van der Waals surface area contributed by atoms with Gasteiger partial charge in [0.1, 0.15) is 0 Å². The Morgan fingerprint density at radius 3 is 2.46 bits per heavy atom. The number of aromatic nitrogens is 1. The van der Waals surface area contributed by atoms with Crippen molar-refractivity contribution in [2.75, 3.05) is 6.54 Å².